The SMILES string of the molecule is CCNC(C1=CCCCCC1)c1sccc1OC. The van der Waals surface area contributed by atoms with Gasteiger partial charge in [-0.3, -0.25) is 0 Å². The van der Waals surface area contributed by atoms with Crippen LogP contribution in [0.25, 0.3) is 0 Å². The molecule has 1 heterocycles. The van der Waals surface area contributed by atoms with Gasteiger partial charge in [-0.2, -0.15) is 0 Å². The predicted octanol–water partition coefficient (Wildman–Crippen LogP) is 4.30. The van der Waals surface area contributed by atoms with Crippen molar-refractivity contribution in [1.82, 2.24) is 5.32 Å². The quantitative estimate of drug-likeness (QED) is 0.802. The zero-order valence-electron chi connectivity index (χ0n) is 11.4. The van der Waals surface area contributed by atoms with Crippen LogP contribution in [0.15, 0.2) is 23.1 Å². The summed E-state index contributed by atoms with van der Waals surface area (Å²) in [6.45, 7) is 3.16. The van der Waals surface area contributed by atoms with E-state index in [0.29, 0.717) is 6.04 Å². The molecule has 0 amide bonds. The van der Waals surface area contributed by atoms with Crippen LogP contribution in [-0.2, 0) is 0 Å². The lowest BCUT2D eigenvalue weighted by atomic mass is 10.00. The van der Waals surface area contributed by atoms with Crippen LogP contribution in [0, 0.1) is 0 Å². The van der Waals surface area contributed by atoms with Gasteiger partial charge in [-0.25, -0.2) is 0 Å². The van der Waals surface area contributed by atoms with Gasteiger partial charge in [0.25, 0.3) is 0 Å². The zero-order chi connectivity index (χ0) is 12.8. The Balaban J connectivity index is 2.24. The average molecular weight is 265 g/mol. The summed E-state index contributed by atoms with van der Waals surface area (Å²) in [4.78, 5) is 1.33. The highest BCUT2D eigenvalue weighted by atomic mass is 32.1. The van der Waals surface area contributed by atoms with E-state index in [9.17, 15) is 0 Å². The van der Waals surface area contributed by atoms with Crippen LogP contribution < -0.4 is 10.1 Å². The molecule has 0 aromatic carbocycles. The minimum absolute atomic E-state index is 0.350. The number of thiophene rings is 1. The Bertz CT molecular complexity index is 397. The number of ether oxygens (including phenoxy) is 1. The number of rotatable bonds is 5. The molecule has 100 valence electrons. The number of likely N-dealkylation sites (N-methyl/N-ethyl adjacent to an activating group) is 1. The molecule has 3 heteroatoms. The Kier molecular flexibility index (Phi) is 5.26. The van der Waals surface area contributed by atoms with Gasteiger partial charge in [-0.15, -0.1) is 11.3 Å². The summed E-state index contributed by atoms with van der Waals surface area (Å²) in [6.07, 6.45) is 8.91. The van der Waals surface area contributed by atoms with Gasteiger partial charge in [0.15, 0.2) is 0 Å². The van der Waals surface area contributed by atoms with Gasteiger partial charge in [-0.1, -0.05) is 25.0 Å². The standard InChI is InChI=1S/C15H23NOS/c1-3-16-14(12-8-6-4-5-7-9-12)15-13(17-2)10-11-18-15/h8,10-11,14,16H,3-7,9H2,1-2H3. The van der Waals surface area contributed by atoms with Crippen molar-refractivity contribution >= 4 is 11.3 Å². The smallest absolute Gasteiger partial charge is 0.134 e. The summed E-state index contributed by atoms with van der Waals surface area (Å²) in [6, 6.07) is 2.42. The zero-order valence-corrected chi connectivity index (χ0v) is 12.2. The van der Waals surface area contributed by atoms with Gasteiger partial charge in [0, 0.05) is 0 Å². The maximum Gasteiger partial charge on any atom is 0.134 e. The van der Waals surface area contributed by atoms with Crippen molar-refractivity contribution in [3.63, 3.8) is 0 Å². The van der Waals surface area contributed by atoms with E-state index in [1.54, 1.807) is 24.0 Å². The van der Waals surface area contributed by atoms with Crippen LogP contribution in [0.5, 0.6) is 5.75 Å². The molecule has 1 aliphatic rings. The first-order chi connectivity index (χ1) is 8.86. The second-order valence-corrected chi connectivity index (χ2v) is 5.67. The van der Waals surface area contributed by atoms with Crippen molar-refractivity contribution < 1.29 is 4.74 Å². The molecule has 1 aliphatic carbocycles. The first-order valence-corrected chi connectivity index (χ1v) is 7.78. The van der Waals surface area contributed by atoms with Crippen LogP contribution in [0.1, 0.15) is 49.9 Å². The van der Waals surface area contributed by atoms with Crippen molar-refractivity contribution in [3.05, 3.63) is 28.0 Å². The van der Waals surface area contributed by atoms with E-state index in [-0.39, 0.29) is 0 Å². The number of hydrogen-bond acceptors (Lipinski definition) is 3. The fraction of sp³-hybridized carbons (Fsp3) is 0.600. The van der Waals surface area contributed by atoms with Gasteiger partial charge >= 0.3 is 0 Å². The van der Waals surface area contributed by atoms with Crippen molar-refractivity contribution in [2.75, 3.05) is 13.7 Å². The molecule has 0 bridgehead atoms. The fourth-order valence-electron chi connectivity index (χ4n) is 2.59. The molecule has 0 spiro atoms. The number of methoxy groups -OCH3 is 1. The van der Waals surface area contributed by atoms with E-state index in [4.69, 9.17) is 4.74 Å². The highest BCUT2D eigenvalue weighted by Gasteiger charge is 2.21. The third-order valence-electron chi connectivity index (χ3n) is 3.49. The molecule has 18 heavy (non-hydrogen) atoms. The lowest BCUT2D eigenvalue weighted by Gasteiger charge is -2.21. The second kappa shape index (κ2) is 6.95. The lowest BCUT2D eigenvalue weighted by molar-refractivity contribution is 0.407. The summed E-state index contributed by atoms with van der Waals surface area (Å²) in [5, 5.41) is 5.74. The average Bonchev–Trinajstić information content (AvgIpc) is 2.69. The topological polar surface area (TPSA) is 21.3 Å². The number of hydrogen-bond donors (Lipinski definition) is 1. The molecule has 0 saturated heterocycles. The number of nitrogens with one attached hydrogen (secondary N) is 1. The normalized spacial score (nSPS) is 18.0. The molecule has 2 nitrogen and oxygen atoms in total. The molecular weight excluding hydrogens is 242 g/mol. The molecule has 1 N–H and O–H groups in total. The Labute approximate surface area is 114 Å². The minimum Gasteiger partial charge on any atom is -0.496 e. The minimum atomic E-state index is 0.350. The maximum atomic E-state index is 5.48. The fourth-order valence-corrected chi connectivity index (χ4v) is 3.56. The van der Waals surface area contributed by atoms with E-state index in [2.05, 4.69) is 29.8 Å². The van der Waals surface area contributed by atoms with Gasteiger partial charge in [0.1, 0.15) is 5.75 Å². The molecule has 0 radical (unpaired) electrons. The largest absolute Gasteiger partial charge is 0.496 e. The second-order valence-electron chi connectivity index (χ2n) is 4.72. The Morgan fingerprint density at radius 2 is 2.28 bits per heavy atom. The summed E-state index contributed by atoms with van der Waals surface area (Å²) in [7, 11) is 1.76. The monoisotopic (exact) mass is 265 g/mol. The van der Waals surface area contributed by atoms with Crippen LogP contribution in [-0.4, -0.2) is 13.7 Å². The summed E-state index contributed by atoms with van der Waals surface area (Å²) in [5.74, 6) is 1.02. The molecule has 2 rings (SSSR count). The van der Waals surface area contributed by atoms with Crippen molar-refractivity contribution in [1.29, 1.82) is 0 Å². The van der Waals surface area contributed by atoms with E-state index in [1.807, 2.05) is 0 Å². The summed E-state index contributed by atoms with van der Waals surface area (Å²) < 4.78 is 5.48. The highest BCUT2D eigenvalue weighted by Crippen LogP contribution is 2.37. The molecule has 1 aromatic rings. The van der Waals surface area contributed by atoms with Crippen molar-refractivity contribution in [3.8, 4) is 5.75 Å². The molecule has 1 aromatic heterocycles. The lowest BCUT2D eigenvalue weighted by Crippen LogP contribution is -2.22. The third-order valence-corrected chi connectivity index (χ3v) is 4.46. The van der Waals surface area contributed by atoms with Gasteiger partial charge < -0.3 is 10.1 Å². The Hall–Kier alpha value is -0.800. The van der Waals surface area contributed by atoms with Crippen LogP contribution >= 0.6 is 11.3 Å². The molecule has 0 saturated carbocycles. The molecule has 0 aliphatic heterocycles. The molecule has 1 atom stereocenters. The van der Waals surface area contributed by atoms with E-state index in [0.717, 1.165) is 12.3 Å². The van der Waals surface area contributed by atoms with E-state index >= 15 is 0 Å². The predicted molar refractivity (Wildman–Crippen MR) is 78.5 cm³/mol. The Morgan fingerprint density at radius 3 is 3.06 bits per heavy atom. The van der Waals surface area contributed by atoms with Crippen LogP contribution in [0.4, 0.5) is 0 Å². The first kappa shape index (κ1) is 13.6. The maximum absolute atomic E-state index is 5.48. The molecule has 1 unspecified atom stereocenters. The third kappa shape index (κ3) is 3.15. The van der Waals surface area contributed by atoms with E-state index < -0.39 is 0 Å². The van der Waals surface area contributed by atoms with Gasteiger partial charge in [0.2, 0.25) is 0 Å². The van der Waals surface area contributed by atoms with Crippen LogP contribution in [0.2, 0.25) is 0 Å². The highest BCUT2D eigenvalue weighted by molar-refractivity contribution is 7.10. The van der Waals surface area contributed by atoms with Crippen molar-refractivity contribution in [2.45, 2.75) is 45.1 Å². The molecular formula is C15H23NOS. The van der Waals surface area contributed by atoms with Gasteiger partial charge in [-0.05, 0) is 43.7 Å². The van der Waals surface area contributed by atoms with E-state index in [1.165, 1.54) is 37.0 Å². The molecule has 0 fully saturated rings. The summed E-state index contributed by atoms with van der Waals surface area (Å²) >= 11 is 1.79. The first-order valence-electron chi connectivity index (χ1n) is 6.90. The van der Waals surface area contributed by atoms with Gasteiger partial charge in [0.05, 0.1) is 18.0 Å². The summed E-state index contributed by atoms with van der Waals surface area (Å²) in [5.41, 5.74) is 1.55. The Morgan fingerprint density at radius 1 is 1.39 bits per heavy atom. The number of allylic oxidation sites excluding steroid dienone is 1. The van der Waals surface area contributed by atoms with Crippen LogP contribution in [0.3, 0.4) is 0 Å². The van der Waals surface area contributed by atoms with Crippen molar-refractivity contribution in [2.24, 2.45) is 0 Å².